The predicted octanol–water partition coefficient (Wildman–Crippen LogP) is 4.13. The molecule has 5 N–H and O–H groups in total. The molecule has 1 unspecified atom stereocenters. The molecule has 2 heterocycles. The molecule has 0 bridgehead atoms. The summed E-state index contributed by atoms with van der Waals surface area (Å²) in [5.74, 6) is -6.63. The summed E-state index contributed by atoms with van der Waals surface area (Å²) in [6, 6.07) is 15.8. The third-order valence-electron chi connectivity index (χ3n) is 9.10. The van der Waals surface area contributed by atoms with Crippen LogP contribution in [0.5, 0.6) is 0 Å². The number of carbonyl (C=O) groups is 5. The predicted molar refractivity (Wildman–Crippen MR) is 187 cm³/mol. The van der Waals surface area contributed by atoms with Gasteiger partial charge in [0.05, 0.1) is 22.9 Å². The van der Waals surface area contributed by atoms with Gasteiger partial charge in [0, 0.05) is 17.8 Å². The number of Topliss-reactive ketones (excluding diaryl/α,β-unsaturated/α-hetero) is 3. The molecule has 1 fully saturated rings. The van der Waals surface area contributed by atoms with Crippen LogP contribution in [-0.4, -0.2) is 76.9 Å². The number of carboxylic acids is 1. The number of carbonyl (C=O) groups excluding carboxylic acids is 4. The van der Waals surface area contributed by atoms with Gasteiger partial charge >= 0.3 is 12.0 Å². The number of amides is 2. The van der Waals surface area contributed by atoms with Gasteiger partial charge in [-0.2, -0.15) is 0 Å². The standard InChI is InChI=1S/C36H39N5O9S/c1-20(2)28(37)32(44)36(34(45)46)25(18-19-41(36)29(21(3)4)31(43)33-39-26-12-8-9-13-27(26)50-33)30(42)22-14-16-23(17-15-22)38-35(47)40-51(48,49)24-10-6-5-7-11-24/h5-17,20-21,25,28-29H,18-19,37H2,1-4H3,(H,45,46)(H2,38,40,47)/t25?,28-,29-,36+/m0/s1. The number of nitrogens with two attached hydrogens (primary N) is 1. The summed E-state index contributed by atoms with van der Waals surface area (Å²) in [5.41, 5.74) is 4.74. The van der Waals surface area contributed by atoms with E-state index < -0.39 is 74.7 Å². The number of aromatic nitrogens is 1. The maximum absolute atomic E-state index is 14.4. The van der Waals surface area contributed by atoms with E-state index in [1.165, 1.54) is 53.4 Å². The fraction of sp³-hybridized carbons (Fsp3) is 0.333. The van der Waals surface area contributed by atoms with E-state index in [0.29, 0.717) is 11.1 Å². The van der Waals surface area contributed by atoms with Gasteiger partial charge in [0.15, 0.2) is 22.7 Å². The number of nitrogens with one attached hydrogen (secondary N) is 2. The quantitative estimate of drug-likeness (QED) is 0.113. The first-order valence-electron chi connectivity index (χ1n) is 16.3. The number of fused-ring (bicyclic) bond motifs is 1. The molecule has 14 nitrogen and oxygen atoms in total. The molecule has 268 valence electrons. The summed E-state index contributed by atoms with van der Waals surface area (Å²) in [6.07, 6.45) is -0.0918. The molecular formula is C36H39N5O9S. The first-order chi connectivity index (χ1) is 24.1. The SMILES string of the molecule is CC(C)[C@H](N)C(=O)[C@@]1(C(=O)O)C(C(=O)c2ccc(NC(=O)NS(=O)(=O)c3ccccc3)cc2)CCN1[C@H](C(=O)c1nc2ccccc2o1)C(C)C. The number of likely N-dealkylation sites (tertiary alicyclic amines) is 1. The van der Waals surface area contributed by atoms with Crippen LogP contribution in [0, 0.1) is 17.8 Å². The highest BCUT2D eigenvalue weighted by Crippen LogP contribution is 2.43. The number of nitrogens with zero attached hydrogens (tertiary/aromatic N) is 2. The van der Waals surface area contributed by atoms with E-state index in [-0.39, 0.29) is 35.0 Å². The molecule has 1 aliphatic rings. The zero-order valence-corrected chi connectivity index (χ0v) is 29.2. The lowest BCUT2D eigenvalue weighted by Gasteiger charge is -2.43. The van der Waals surface area contributed by atoms with E-state index in [1.807, 2.05) is 4.72 Å². The summed E-state index contributed by atoms with van der Waals surface area (Å²) in [7, 11) is -4.16. The third kappa shape index (κ3) is 7.04. The molecule has 4 aromatic rings. The number of benzene rings is 3. The number of aliphatic carboxylic acids is 1. The van der Waals surface area contributed by atoms with Crippen LogP contribution in [0.4, 0.5) is 10.5 Å². The van der Waals surface area contributed by atoms with Gasteiger partial charge in [-0.25, -0.2) is 27.7 Å². The van der Waals surface area contributed by atoms with Crippen molar-refractivity contribution in [1.82, 2.24) is 14.6 Å². The van der Waals surface area contributed by atoms with Crippen molar-refractivity contribution in [3.63, 3.8) is 0 Å². The smallest absolute Gasteiger partial charge is 0.333 e. The number of anilines is 1. The molecule has 3 aromatic carbocycles. The van der Waals surface area contributed by atoms with Gasteiger partial charge in [0.25, 0.3) is 15.9 Å². The number of para-hydroxylation sites is 2. The maximum atomic E-state index is 14.4. The summed E-state index contributed by atoms with van der Waals surface area (Å²) in [6.45, 7) is 6.61. The van der Waals surface area contributed by atoms with E-state index in [4.69, 9.17) is 10.2 Å². The number of carboxylic acid groups (broad SMARTS) is 1. The molecule has 1 saturated heterocycles. The number of hydrogen-bond acceptors (Lipinski definition) is 11. The van der Waals surface area contributed by atoms with Crippen molar-refractivity contribution >= 4 is 56.2 Å². The van der Waals surface area contributed by atoms with E-state index in [1.54, 1.807) is 58.0 Å². The summed E-state index contributed by atoms with van der Waals surface area (Å²) in [5, 5.41) is 13.4. The summed E-state index contributed by atoms with van der Waals surface area (Å²) >= 11 is 0. The lowest BCUT2D eigenvalue weighted by Crippen LogP contribution is -2.69. The van der Waals surface area contributed by atoms with Gasteiger partial charge in [-0.05, 0) is 66.8 Å². The molecule has 1 aliphatic heterocycles. The average Bonchev–Trinajstić information content (AvgIpc) is 3.71. The second-order valence-electron chi connectivity index (χ2n) is 13.1. The van der Waals surface area contributed by atoms with Crippen molar-refractivity contribution in [2.75, 3.05) is 11.9 Å². The van der Waals surface area contributed by atoms with E-state index in [0.717, 1.165) is 0 Å². The Balaban J connectivity index is 1.47. The van der Waals surface area contributed by atoms with Crippen LogP contribution in [0.15, 0.2) is 88.2 Å². The first-order valence-corrected chi connectivity index (χ1v) is 17.8. The molecule has 2 amide bonds. The Kier molecular flexibility index (Phi) is 10.6. The Morgan fingerprint density at radius 1 is 0.922 bits per heavy atom. The van der Waals surface area contributed by atoms with Crippen LogP contribution in [0.1, 0.15) is 55.2 Å². The highest BCUT2D eigenvalue weighted by atomic mass is 32.2. The fourth-order valence-corrected chi connectivity index (χ4v) is 7.47. The Labute approximate surface area is 294 Å². The number of hydrogen-bond donors (Lipinski definition) is 4. The van der Waals surface area contributed by atoms with Gasteiger partial charge in [0.2, 0.25) is 5.78 Å². The molecule has 0 spiro atoms. The summed E-state index contributed by atoms with van der Waals surface area (Å²) in [4.78, 5) is 74.3. The van der Waals surface area contributed by atoms with Gasteiger partial charge in [0.1, 0.15) is 5.52 Å². The number of urea groups is 1. The van der Waals surface area contributed by atoms with Crippen LogP contribution >= 0.6 is 0 Å². The van der Waals surface area contributed by atoms with E-state index >= 15 is 0 Å². The monoisotopic (exact) mass is 717 g/mol. The molecule has 4 atom stereocenters. The maximum Gasteiger partial charge on any atom is 0.333 e. The molecule has 0 radical (unpaired) electrons. The second kappa shape index (κ2) is 14.5. The zero-order valence-electron chi connectivity index (χ0n) is 28.4. The molecule has 0 saturated carbocycles. The number of oxazole rings is 1. The van der Waals surface area contributed by atoms with Crippen molar-refractivity contribution in [3.05, 3.63) is 90.3 Å². The lowest BCUT2D eigenvalue weighted by atomic mass is 9.72. The molecule has 51 heavy (non-hydrogen) atoms. The van der Waals surface area contributed by atoms with Gasteiger partial charge in [-0.3, -0.25) is 19.3 Å². The number of sulfonamides is 1. The first kappa shape index (κ1) is 37.0. The van der Waals surface area contributed by atoms with Crippen LogP contribution in [0.2, 0.25) is 0 Å². The molecule has 0 aliphatic carbocycles. The minimum Gasteiger partial charge on any atom is -0.480 e. The number of rotatable bonds is 13. The lowest BCUT2D eigenvalue weighted by molar-refractivity contribution is -0.160. The molecule has 5 rings (SSSR count). The molecule has 15 heteroatoms. The van der Waals surface area contributed by atoms with Crippen LogP contribution in [0.25, 0.3) is 11.1 Å². The Bertz CT molecular complexity index is 2050. The van der Waals surface area contributed by atoms with Gasteiger partial charge in [-0.15, -0.1) is 0 Å². The topological polar surface area (TPSA) is 219 Å². The van der Waals surface area contributed by atoms with Crippen LogP contribution in [0.3, 0.4) is 0 Å². The van der Waals surface area contributed by atoms with Crippen molar-refractivity contribution in [3.8, 4) is 0 Å². The van der Waals surface area contributed by atoms with Crippen molar-refractivity contribution in [2.45, 2.75) is 56.6 Å². The van der Waals surface area contributed by atoms with Gasteiger partial charge < -0.3 is 20.6 Å². The normalized spacial score (nSPS) is 19.2. The highest BCUT2D eigenvalue weighted by molar-refractivity contribution is 7.90. The minimum atomic E-state index is -4.16. The second-order valence-corrected chi connectivity index (χ2v) is 14.8. The fourth-order valence-electron chi connectivity index (χ4n) is 6.54. The van der Waals surface area contributed by atoms with Gasteiger partial charge in [-0.1, -0.05) is 58.0 Å². The molecule has 1 aromatic heterocycles. The third-order valence-corrected chi connectivity index (χ3v) is 10.5. The van der Waals surface area contributed by atoms with E-state index in [9.17, 15) is 37.5 Å². The highest BCUT2D eigenvalue weighted by Gasteiger charge is 2.66. The Hall–Kier alpha value is -5.25. The largest absolute Gasteiger partial charge is 0.480 e. The minimum absolute atomic E-state index is 0.0210. The molecular weight excluding hydrogens is 678 g/mol. The van der Waals surface area contributed by atoms with Crippen molar-refractivity contribution < 1.29 is 41.9 Å². The summed E-state index contributed by atoms with van der Waals surface area (Å²) < 4.78 is 32.7. The van der Waals surface area contributed by atoms with Crippen LogP contribution in [-0.2, 0) is 19.6 Å². The van der Waals surface area contributed by atoms with Crippen molar-refractivity contribution in [2.24, 2.45) is 23.5 Å². The Morgan fingerprint density at radius 2 is 1.55 bits per heavy atom. The van der Waals surface area contributed by atoms with Crippen molar-refractivity contribution in [1.29, 1.82) is 0 Å². The van der Waals surface area contributed by atoms with E-state index in [2.05, 4.69) is 10.3 Å². The van der Waals surface area contributed by atoms with Crippen LogP contribution < -0.4 is 15.8 Å². The average molecular weight is 718 g/mol. The zero-order chi connectivity index (χ0) is 37.2. The number of ketones is 3. The Morgan fingerprint density at radius 3 is 2.14 bits per heavy atom.